The lowest BCUT2D eigenvalue weighted by Crippen LogP contribution is -2.25. The van der Waals surface area contributed by atoms with E-state index < -0.39 is 0 Å². The molecule has 1 aromatic carbocycles. The zero-order valence-electron chi connectivity index (χ0n) is 9.39. The summed E-state index contributed by atoms with van der Waals surface area (Å²) in [7, 11) is 0. The number of thioether (sulfide) groups is 1. The van der Waals surface area contributed by atoms with Crippen LogP contribution in [0.3, 0.4) is 0 Å². The number of nitrogens with zero attached hydrogens (tertiary/aromatic N) is 1. The quantitative estimate of drug-likeness (QED) is 0.608. The summed E-state index contributed by atoms with van der Waals surface area (Å²) in [6.45, 7) is 2.00. The Morgan fingerprint density at radius 2 is 2.24 bits per heavy atom. The lowest BCUT2D eigenvalue weighted by Gasteiger charge is -2.11. The van der Waals surface area contributed by atoms with Crippen molar-refractivity contribution in [2.75, 3.05) is 25.4 Å². The van der Waals surface area contributed by atoms with Gasteiger partial charge in [-0.15, -0.1) is 11.8 Å². The highest BCUT2D eigenvalue weighted by molar-refractivity contribution is 7.99. The normalized spacial score (nSPS) is 15.1. The maximum absolute atomic E-state index is 11.2. The first kappa shape index (κ1) is 12.6. The minimum absolute atomic E-state index is 0.187. The average molecular weight is 272 g/mol. The van der Waals surface area contributed by atoms with Crippen molar-refractivity contribution < 1.29 is 9.53 Å². The van der Waals surface area contributed by atoms with Crippen LogP contribution in [0.1, 0.15) is 6.42 Å². The van der Waals surface area contributed by atoms with E-state index in [1.165, 1.54) is 0 Å². The Hall–Kier alpha value is -0.870. The molecule has 0 bridgehead atoms. The van der Waals surface area contributed by atoms with Gasteiger partial charge in [-0.05, 0) is 24.3 Å². The number of carbonyl (C=O) groups excluding carboxylic acids is 1. The maximum atomic E-state index is 11.2. The molecule has 1 heterocycles. The van der Waals surface area contributed by atoms with Gasteiger partial charge in [-0.3, -0.25) is 0 Å². The monoisotopic (exact) mass is 271 g/mol. The van der Waals surface area contributed by atoms with Crippen LogP contribution >= 0.6 is 23.4 Å². The van der Waals surface area contributed by atoms with Crippen LogP contribution in [0.25, 0.3) is 0 Å². The standard InChI is InChI=1S/C12H14ClNO2S/c13-10-4-1-2-5-11(10)17-9-3-6-14-7-8-16-12(14)15/h1-2,4-5H,3,6-9H2. The predicted octanol–water partition coefficient (Wildman–Crippen LogP) is 3.27. The van der Waals surface area contributed by atoms with Gasteiger partial charge in [0, 0.05) is 11.4 Å². The fraction of sp³-hybridized carbons (Fsp3) is 0.417. The fourth-order valence-corrected chi connectivity index (χ4v) is 2.80. The topological polar surface area (TPSA) is 29.5 Å². The number of carbonyl (C=O) groups is 1. The van der Waals surface area contributed by atoms with Crippen molar-refractivity contribution in [3.63, 3.8) is 0 Å². The van der Waals surface area contributed by atoms with E-state index >= 15 is 0 Å². The number of benzene rings is 1. The van der Waals surface area contributed by atoms with Crippen LogP contribution in [0.2, 0.25) is 5.02 Å². The summed E-state index contributed by atoms with van der Waals surface area (Å²) in [6.07, 6.45) is 0.762. The van der Waals surface area contributed by atoms with Crippen LogP contribution in [0.15, 0.2) is 29.2 Å². The highest BCUT2D eigenvalue weighted by atomic mass is 35.5. The molecule has 0 unspecified atom stereocenters. The number of cyclic esters (lactones) is 1. The Balaban J connectivity index is 1.70. The molecule has 0 aliphatic carbocycles. The molecule has 0 N–H and O–H groups in total. The van der Waals surface area contributed by atoms with Gasteiger partial charge in [-0.25, -0.2) is 4.79 Å². The molecule has 1 aromatic rings. The van der Waals surface area contributed by atoms with Gasteiger partial charge in [0.1, 0.15) is 6.61 Å². The van der Waals surface area contributed by atoms with Gasteiger partial charge in [0.15, 0.2) is 0 Å². The second kappa shape index (κ2) is 6.17. The molecular weight excluding hydrogens is 258 g/mol. The number of rotatable bonds is 5. The van der Waals surface area contributed by atoms with Gasteiger partial charge in [0.2, 0.25) is 0 Å². The van der Waals surface area contributed by atoms with Crippen molar-refractivity contribution in [2.24, 2.45) is 0 Å². The van der Waals surface area contributed by atoms with Crippen LogP contribution in [-0.2, 0) is 4.74 Å². The predicted molar refractivity (Wildman–Crippen MR) is 69.7 cm³/mol. The zero-order chi connectivity index (χ0) is 12.1. The molecular formula is C12H14ClNO2S. The van der Waals surface area contributed by atoms with Crippen molar-refractivity contribution in [2.45, 2.75) is 11.3 Å². The van der Waals surface area contributed by atoms with Crippen LogP contribution in [0, 0.1) is 0 Å². The molecule has 1 saturated heterocycles. The van der Waals surface area contributed by atoms with Gasteiger partial charge in [-0.1, -0.05) is 23.7 Å². The van der Waals surface area contributed by atoms with Crippen LogP contribution in [0.5, 0.6) is 0 Å². The van der Waals surface area contributed by atoms with Gasteiger partial charge < -0.3 is 9.64 Å². The van der Waals surface area contributed by atoms with Crippen molar-refractivity contribution in [3.8, 4) is 0 Å². The number of hydrogen-bond acceptors (Lipinski definition) is 3. The van der Waals surface area contributed by atoms with Crippen molar-refractivity contribution in [1.29, 1.82) is 0 Å². The molecule has 1 fully saturated rings. The average Bonchev–Trinajstić information content (AvgIpc) is 2.73. The number of ether oxygens (including phenoxy) is 1. The maximum Gasteiger partial charge on any atom is 0.409 e. The molecule has 1 aliphatic rings. The van der Waals surface area contributed by atoms with Gasteiger partial charge in [-0.2, -0.15) is 0 Å². The Kier molecular flexibility index (Phi) is 4.57. The van der Waals surface area contributed by atoms with Crippen LogP contribution in [0.4, 0.5) is 4.79 Å². The molecule has 1 aliphatic heterocycles. The van der Waals surface area contributed by atoms with Crippen LogP contribution < -0.4 is 0 Å². The Labute approximate surface area is 110 Å². The molecule has 92 valence electrons. The minimum atomic E-state index is -0.187. The molecule has 0 radical (unpaired) electrons. The Bertz CT molecular complexity index is 400. The lowest BCUT2D eigenvalue weighted by atomic mass is 10.4. The molecule has 0 aromatic heterocycles. The third-order valence-corrected chi connectivity index (χ3v) is 4.11. The first-order chi connectivity index (χ1) is 8.27. The van der Waals surface area contributed by atoms with Crippen molar-refractivity contribution in [3.05, 3.63) is 29.3 Å². The molecule has 2 rings (SSSR count). The Morgan fingerprint density at radius 3 is 2.94 bits per heavy atom. The molecule has 0 atom stereocenters. The van der Waals surface area contributed by atoms with Gasteiger partial charge in [0.05, 0.1) is 11.6 Å². The summed E-state index contributed by atoms with van der Waals surface area (Å²) in [6, 6.07) is 7.80. The van der Waals surface area contributed by atoms with E-state index in [9.17, 15) is 4.79 Å². The van der Waals surface area contributed by atoms with Crippen molar-refractivity contribution >= 4 is 29.5 Å². The van der Waals surface area contributed by atoms with Gasteiger partial charge >= 0.3 is 6.09 Å². The Morgan fingerprint density at radius 1 is 1.41 bits per heavy atom. The van der Waals surface area contributed by atoms with E-state index in [0.29, 0.717) is 6.61 Å². The number of halogens is 1. The first-order valence-electron chi connectivity index (χ1n) is 5.56. The number of amides is 1. The van der Waals surface area contributed by atoms with Crippen molar-refractivity contribution in [1.82, 2.24) is 4.90 Å². The minimum Gasteiger partial charge on any atom is -0.448 e. The lowest BCUT2D eigenvalue weighted by molar-refractivity contribution is 0.158. The first-order valence-corrected chi connectivity index (χ1v) is 6.93. The fourth-order valence-electron chi connectivity index (χ4n) is 1.63. The summed E-state index contributed by atoms with van der Waals surface area (Å²) in [4.78, 5) is 14.0. The summed E-state index contributed by atoms with van der Waals surface area (Å²) < 4.78 is 4.86. The van der Waals surface area contributed by atoms with E-state index in [1.807, 2.05) is 24.3 Å². The SMILES string of the molecule is O=C1OCCN1CCCSc1ccccc1Cl. The molecule has 0 spiro atoms. The molecule has 3 nitrogen and oxygen atoms in total. The smallest absolute Gasteiger partial charge is 0.409 e. The van der Waals surface area contributed by atoms with E-state index in [0.717, 1.165) is 35.2 Å². The van der Waals surface area contributed by atoms with E-state index in [4.69, 9.17) is 16.3 Å². The van der Waals surface area contributed by atoms with E-state index in [-0.39, 0.29) is 6.09 Å². The highest BCUT2D eigenvalue weighted by Gasteiger charge is 2.20. The highest BCUT2D eigenvalue weighted by Crippen LogP contribution is 2.26. The zero-order valence-corrected chi connectivity index (χ0v) is 11.0. The molecule has 1 amide bonds. The summed E-state index contributed by atoms with van der Waals surface area (Å²) in [5.74, 6) is 0.952. The second-order valence-electron chi connectivity index (χ2n) is 3.73. The third kappa shape index (κ3) is 3.54. The molecule has 17 heavy (non-hydrogen) atoms. The molecule has 5 heteroatoms. The van der Waals surface area contributed by atoms with E-state index in [2.05, 4.69) is 0 Å². The largest absolute Gasteiger partial charge is 0.448 e. The summed E-state index contributed by atoms with van der Waals surface area (Å²) >= 11 is 7.77. The second-order valence-corrected chi connectivity index (χ2v) is 5.28. The number of hydrogen-bond donors (Lipinski definition) is 0. The van der Waals surface area contributed by atoms with Gasteiger partial charge in [0.25, 0.3) is 0 Å². The molecule has 0 saturated carbocycles. The van der Waals surface area contributed by atoms with Crippen LogP contribution in [-0.4, -0.2) is 36.4 Å². The summed E-state index contributed by atoms with van der Waals surface area (Å²) in [5, 5.41) is 0.790. The third-order valence-electron chi connectivity index (χ3n) is 2.51. The van der Waals surface area contributed by atoms with E-state index in [1.54, 1.807) is 16.7 Å². The summed E-state index contributed by atoms with van der Waals surface area (Å²) in [5.41, 5.74) is 0.